The third kappa shape index (κ3) is 2.89. The predicted molar refractivity (Wildman–Crippen MR) is 72.0 cm³/mol. The van der Waals surface area contributed by atoms with Gasteiger partial charge in [0.15, 0.2) is 17.3 Å². The highest BCUT2D eigenvalue weighted by molar-refractivity contribution is 5.96. The molecule has 0 spiro atoms. The highest BCUT2D eigenvalue weighted by Crippen LogP contribution is 2.31. The zero-order valence-electron chi connectivity index (χ0n) is 11.0. The number of Topliss-reactive ketones (excluding diaryl/α,β-unsaturated/α-hetero) is 1. The van der Waals surface area contributed by atoms with Crippen molar-refractivity contribution in [3.8, 4) is 11.5 Å². The maximum absolute atomic E-state index is 12.2. The molecule has 2 heterocycles. The minimum atomic E-state index is 0.198. The summed E-state index contributed by atoms with van der Waals surface area (Å²) in [6.45, 7) is 3.27. The van der Waals surface area contributed by atoms with Gasteiger partial charge in [-0.1, -0.05) is 0 Å². The fraction of sp³-hybridized carbons (Fsp3) is 0.533. The molecule has 1 atom stereocenters. The number of hydrogen-bond acceptors (Lipinski definition) is 4. The summed E-state index contributed by atoms with van der Waals surface area (Å²) in [5.41, 5.74) is 0.732. The summed E-state index contributed by atoms with van der Waals surface area (Å²) in [5, 5.41) is 3.33. The van der Waals surface area contributed by atoms with Gasteiger partial charge in [-0.3, -0.25) is 4.79 Å². The Morgan fingerprint density at radius 2 is 2.11 bits per heavy atom. The summed E-state index contributed by atoms with van der Waals surface area (Å²) in [5.74, 6) is 2.28. The lowest BCUT2D eigenvalue weighted by Gasteiger charge is -2.18. The van der Waals surface area contributed by atoms with Crippen LogP contribution < -0.4 is 14.8 Å². The molecule has 1 saturated heterocycles. The van der Waals surface area contributed by atoms with Gasteiger partial charge < -0.3 is 14.8 Å². The molecular formula is C15H19NO3. The standard InChI is InChI=1S/C15H19NO3/c17-13(3-1-11-5-6-16-10-11)12-2-4-14-15(9-12)19-8-7-18-14/h2,4,9,11,16H,1,3,5-8,10H2. The molecule has 102 valence electrons. The van der Waals surface area contributed by atoms with E-state index in [0.717, 1.165) is 30.8 Å². The van der Waals surface area contributed by atoms with Gasteiger partial charge in [-0.2, -0.15) is 0 Å². The predicted octanol–water partition coefficient (Wildman–Crippen LogP) is 2.03. The summed E-state index contributed by atoms with van der Waals surface area (Å²) < 4.78 is 11.0. The number of ether oxygens (including phenoxy) is 2. The molecule has 2 aliphatic rings. The Hall–Kier alpha value is -1.55. The van der Waals surface area contributed by atoms with Crippen LogP contribution in [0.5, 0.6) is 11.5 Å². The molecule has 1 N–H and O–H groups in total. The first-order valence-corrected chi connectivity index (χ1v) is 6.96. The smallest absolute Gasteiger partial charge is 0.163 e. The normalized spacial score (nSPS) is 21.4. The van der Waals surface area contributed by atoms with E-state index in [1.807, 2.05) is 18.2 Å². The lowest BCUT2D eigenvalue weighted by atomic mass is 9.98. The Labute approximate surface area is 113 Å². The van der Waals surface area contributed by atoms with Crippen LogP contribution in [0.25, 0.3) is 0 Å². The van der Waals surface area contributed by atoms with Crippen LogP contribution in [0.4, 0.5) is 0 Å². The van der Waals surface area contributed by atoms with Crippen molar-refractivity contribution in [2.24, 2.45) is 5.92 Å². The average Bonchev–Trinajstić information content (AvgIpc) is 2.97. The summed E-state index contributed by atoms with van der Waals surface area (Å²) >= 11 is 0. The van der Waals surface area contributed by atoms with E-state index in [9.17, 15) is 4.79 Å². The minimum Gasteiger partial charge on any atom is -0.486 e. The fourth-order valence-electron chi connectivity index (χ4n) is 2.66. The van der Waals surface area contributed by atoms with Crippen LogP contribution in [0.15, 0.2) is 18.2 Å². The molecule has 4 nitrogen and oxygen atoms in total. The molecule has 0 amide bonds. The number of benzene rings is 1. The van der Waals surface area contributed by atoms with Crippen LogP contribution >= 0.6 is 0 Å². The van der Waals surface area contributed by atoms with Crippen LogP contribution in [-0.2, 0) is 0 Å². The number of hydrogen-bond donors (Lipinski definition) is 1. The van der Waals surface area contributed by atoms with E-state index in [1.165, 1.54) is 6.42 Å². The van der Waals surface area contributed by atoms with Crippen LogP contribution in [0.1, 0.15) is 29.6 Å². The monoisotopic (exact) mass is 261 g/mol. The number of ketones is 1. The molecule has 0 saturated carbocycles. The van der Waals surface area contributed by atoms with Gasteiger partial charge in [-0.25, -0.2) is 0 Å². The van der Waals surface area contributed by atoms with Crippen molar-refractivity contribution < 1.29 is 14.3 Å². The summed E-state index contributed by atoms with van der Waals surface area (Å²) in [7, 11) is 0. The minimum absolute atomic E-state index is 0.198. The second kappa shape index (κ2) is 5.61. The molecule has 19 heavy (non-hydrogen) atoms. The largest absolute Gasteiger partial charge is 0.486 e. The third-order valence-corrected chi connectivity index (χ3v) is 3.81. The highest BCUT2D eigenvalue weighted by atomic mass is 16.6. The number of fused-ring (bicyclic) bond motifs is 1. The maximum atomic E-state index is 12.2. The van der Waals surface area contributed by atoms with E-state index in [4.69, 9.17) is 9.47 Å². The number of carbonyl (C=O) groups excluding carboxylic acids is 1. The lowest BCUT2D eigenvalue weighted by Crippen LogP contribution is -2.16. The molecule has 0 bridgehead atoms. The van der Waals surface area contributed by atoms with E-state index in [0.29, 0.717) is 31.3 Å². The Kier molecular flexibility index (Phi) is 3.69. The molecule has 3 rings (SSSR count). The Balaban J connectivity index is 1.62. The Morgan fingerprint density at radius 3 is 2.89 bits per heavy atom. The first-order valence-electron chi connectivity index (χ1n) is 6.96. The summed E-state index contributed by atoms with van der Waals surface area (Å²) in [6.07, 6.45) is 2.78. The highest BCUT2D eigenvalue weighted by Gasteiger charge is 2.18. The van der Waals surface area contributed by atoms with Crippen LogP contribution in [0.3, 0.4) is 0 Å². The van der Waals surface area contributed by atoms with Gasteiger partial charge in [-0.05, 0) is 50.0 Å². The number of nitrogens with one attached hydrogen (secondary N) is 1. The SMILES string of the molecule is O=C(CCC1CCNC1)c1ccc2c(c1)OCCO2. The van der Waals surface area contributed by atoms with E-state index in [2.05, 4.69) is 5.32 Å². The molecule has 1 aromatic rings. The molecule has 0 aromatic heterocycles. The average molecular weight is 261 g/mol. The van der Waals surface area contributed by atoms with Crippen molar-refractivity contribution in [3.63, 3.8) is 0 Å². The third-order valence-electron chi connectivity index (χ3n) is 3.81. The van der Waals surface area contributed by atoms with Crippen molar-refractivity contribution in [1.82, 2.24) is 5.32 Å². The first kappa shape index (κ1) is 12.5. The molecule has 0 aliphatic carbocycles. The molecular weight excluding hydrogens is 242 g/mol. The van der Waals surface area contributed by atoms with Crippen molar-refractivity contribution in [3.05, 3.63) is 23.8 Å². The lowest BCUT2D eigenvalue weighted by molar-refractivity contribution is 0.0973. The summed E-state index contributed by atoms with van der Waals surface area (Å²) in [6, 6.07) is 5.48. The molecule has 0 radical (unpaired) electrons. The zero-order valence-corrected chi connectivity index (χ0v) is 11.0. The van der Waals surface area contributed by atoms with Gasteiger partial charge >= 0.3 is 0 Å². The quantitative estimate of drug-likeness (QED) is 0.842. The van der Waals surface area contributed by atoms with Crippen molar-refractivity contribution in [2.75, 3.05) is 26.3 Å². The molecule has 1 unspecified atom stereocenters. The second-order valence-corrected chi connectivity index (χ2v) is 5.18. The van der Waals surface area contributed by atoms with Gasteiger partial charge in [-0.15, -0.1) is 0 Å². The van der Waals surface area contributed by atoms with Crippen molar-refractivity contribution in [2.45, 2.75) is 19.3 Å². The van der Waals surface area contributed by atoms with Gasteiger partial charge in [0.25, 0.3) is 0 Å². The molecule has 4 heteroatoms. The summed E-state index contributed by atoms with van der Waals surface area (Å²) in [4.78, 5) is 12.2. The first-order chi connectivity index (χ1) is 9.33. The number of rotatable bonds is 4. The Morgan fingerprint density at radius 1 is 1.26 bits per heavy atom. The Bertz CT molecular complexity index is 466. The fourth-order valence-corrected chi connectivity index (χ4v) is 2.66. The molecule has 1 aromatic carbocycles. The number of carbonyl (C=O) groups is 1. The van der Waals surface area contributed by atoms with Crippen molar-refractivity contribution in [1.29, 1.82) is 0 Å². The van der Waals surface area contributed by atoms with Crippen LogP contribution in [-0.4, -0.2) is 32.1 Å². The second-order valence-electron chi connectivity index (χ2n) is 5.18. The van der Waals surface area contributed by atoms with E-state index in [-0.39, 0.29) is 5.78 Å². The van der Waals surface area contributed by atoms with Gasteiger partial charge in [0.1, 0.15) is 13.2 Å². The van der Waals surface area contributed by atoms with Crippen LogP contribution in [0, 0.1) is 5.92 Å². The van der Waals surface area contributed by atoms with Gasteiger partial charge in [0, 0.05) is 12.0 Å². The van der Waals surface area contributed by atoms with Crippen LogP contribution in [0.2, 0.25) is 0 Å². The van der Waals surface area contributed by atoms with E-state index >= 15 is 0 Å². The maximum Gasteiger partial charge on any atom is 0.163 e. The van der Waals surface area contributed by atoms with E-state index < -0.39 is 0 Å². The molecule has 2 aliphatic heterocycles. The van der Waals surface area contributed by atoms with Crippen molar-refractivity contribution >= 4 is 5.78 Å². The van der Waals surface area contributed by atoms with E-state index in [1.54, 1.807) is 0 Å². The molecule has 1 fully saturated rings. The topological polar surface area (TPSA) is 47.6 Å². The van der Waals surface area contributed by atoms with Gasteiger partial charge in [0.05, 0.1) is 0 Å². The zero-order chi connectivity index (χ0) is 13.1. The van der Waals surface area contributed by atoms with Gasteiger partial charge in [0.2, 0.25) is 0 Å².